The summed E-state index contributed by atoms with van der Waals surface area (Å²) in [6.45, 7) is 4.14. The zero-order chi connectivity index (χ0) is 72.5. The fraction of sp³-hybridized carbons (Fsp3) is 0.533. The Balaban J connectivity index is 4.18. The molecule has 0 saturated heterocycles. The van der Waals surface area contributed by atoms with Gasteiger partial charge in [0.05, 0.1) is 27.7 Å². The maximum Gasteiger partial charge on any atom is 0.472 e. The molecular formula is C90H141NO8P+. The van der Waals surface area contributed by atoms with E-state index in [9.17, 15) is 19.0 Å². The highest BCUT2D eigenvalue weighted by molar-refractivity contribution is 7.47. The highest BCUT2D eigenvalue weighted by atomic mass is 31.2. The molecule has 2 unspecified atom stereocenters. The molecule has 100 heavy (non-hydrogen) atoms. The molecule has 10 heteroatoms. The molecule has 0 amide bonds. The molecule has 0 aliphatic rings. The van der Waals surface area contributed by atoms with Crippen molar-refractivity contribution in [2.45, 2.75) is 264 Å². The predicted octanol–water partition coefficient (Wildman–Crippen LogP) is 26.3. The van der Waals surface area contributed by atoms with Crippen molar-refractivity contribution < 1.29 is 42.1 Å². The van der Waals surface area contributed by atoms with Crippen molar-refractivity contribution >= 4 is 19.8 Å². The van der Waals surface area contributed by atoms with Gasteiger partial charge in [-0.1, -0.05) is 321 Å². The Bertz CT molecular complexity index is 2600. The topological polar surface area (TPSA) is 108 Å². The van der Waals surface area contributed by atoms with E-state index in [2.05, 4.69) is 257 Å². The number of likely N-dealkylation sites (N-methyl/N-ethyl adjacent to an activating group) is 1. The van der Waals surface area contributed by atoms with Gasteiger partial charge in [0.25, 0.3) is 0 Å². The van der Waals surface area contributed by atoms with E-state index in [1.54, 1.807) is 0 Å². The first-order chi connectivity index (χ1) is 49.0. The van der Waals surface area contributed by atoms with Crippen LogP contribution < -0.4 is 0 Å². The van der Waals surface area contributed by atoms with Crippen LogP contribution in [0.3, 0.4) is 0 Å². The normalized spacial score (nSPS) is 14.4. The molecule has 0 aromatic rings. The minimum absolute atomic E-state index is 0.0124. The Labute approximate surface area is 613 Å². The summed E-state index contributed by atoms with van der Waals surface area (Å²) in [7, 11) is 1.42. The third-order valence-electron chi connectivity index (χ3n) is 15.4. The number of carbonyl (C=O) groups is 2. The first-order valence-electron chi connectivity index (χ1n) is 38.8. The zero-order valence-electron chi connectivity index (χ0n) is 63.6. The number of rotatable bonds is 68. The van der Waals surface area contributed by atoms with Crippen LogP contribution in [0, 0.1) is 0 Å². The van der Waals surface area contributed by atoms with Gasteiger partial charge in [0.1, 0.15) is 19.8 Å². The summed E-state index contributed by atoms with van der Waals surface area (Å²) in [5.41, 5.74) is 0. The second-order valence-corrected chi connectivity index (χ2v) is 27.4. The van der Waals surface area contributed by atoms with Crippen LogP contribution in [0.2, 0.25) is 0 Å². The molecule has 0 bridgehead atoms. The molecule has 0 aromatic carbocycles. The second-order valence-electron chi connectivity index (χ2n) is 25.9. The van der Waals surface area contributed by atoms with Gasteiger partial charge in [0, 0.05) is 12.8 Å². The van der Waals surface area contributed by atoms with Crippen molar-refractivity contribution in [1.29, 1.82) is 0 Å². The number of unbranched alkanes of at least 4 members (excludes halogenated alkanes) is 14. The standard InChI is InChI=1S/C90H140NO8P/c1-6-8-10-12-14-16-18-20-22-24-26-28-30-32-34-36-38-40-42-43-44-45-46-47-49-51-53-55-57-59-61-63-65-67-69-71-73-75-77-79-81-83-90(93)99-88(87-98-100(94,95)97-85-84-91(3,4)5)86-96-89(92)82-80-78-76-74-72-70-68-66-64-62-60-58-56-54-52-50-48-41-39-37-35-33-31-29-27-25-23-21-19-17-15-13-11-9-7-2/h8-11,14-17,20-23,26-29,32-35,38-41,43-44,46-47,50-53,56-59,63,65,69,71,88H,6-7,12-13,18-19,24-25,30-31,36-37,42,45,48-49,54-55,60-62,64,66-68,70,72-87H2,1-5H3/p+1/b10-8-,11-9-,16-14-,17-15-,22-20-,23-21-,28-26-,29-27-,34-32-,35-33-,40-38-,41-39-,44-43-,47-46-,52-50-,53-51-,58-56-,59-57-,65-63-,71-69-. The number of esters is 2. The van der Waals surface area contributed by atoms with Gasteiger partial charge in [-0.05, 0) is 167 Å². The first-order valence-corrected chi connectivity index (χ1v) is 40.3. The van der Waals surface area contributed by atoms with Gasteiger partial charge in [-0.15, -0.1) is 0 Å². The van der Waals surface area contributed by atoms with Gasteiger partial charge in [-0.25, -0.2) is 4.57 Å². The number of hydrogen-bond acceptors (Lipinski definition) is 7. The van der Waals surface area contributed by atoms with Crippen LogP contribution in [0.4, 0.5) is 0 Å². The SMILES string of the molecule is CC/C=C\C/C=C\C/C=C\C/C=C\C/C=C\C/C=C\C/C=C\C/C=C\C/C=C\C/C=C\C/C=C\C/C=C\CCCCCCC(=O)OC(COC(=O)CCCCCCCCCCCC/C=C\C/C=C\C/C=C\C/C=C\C/C=C\C/C=C\C/C=C\C/C=C\CC)COP(=O)(O)OCC[N+](C)(C)C. The first kappa shape index (κ1) is 93.8. The Hall–Kier alpha value is -6.19. The average molecular weight is 1400 g/mol. The number of nitrogens with zero attached hydrogens (tertiary/aromatic N) is 1. The molecule has 0 fully saturated rings. The molecule has 0 radical (unpaired) electrons. The monoisotopic (exact) mass is 1400 g/mol. The van der Waals surface area contributed by atoms with E-state index in [0.717, 1.165) is 186 Å². The van der Waals surface area contributed by atoms with E-state index < -0.39 is 26.5 Å². The largest absolute Gasteiger partial charge is 0.472 e. The molecule has 0 heterocycles. The van der Waals surface area contributed by atoms with Crippen molar-refractivity contribution in [2.75, 3.05) is 47.5 Å². The fourth-order valence-electron chi connectivity index (χ4n) is 9.54. The number of quaternary nitrogens is 1. The minimum atomic E-state index is -4.42. The molecule has 0 aromatic heterocycles. The summed E-state index contributed by atoms with van der Waals surface area (Å²) in [5, 5.41) is 0. The summed E-state index contributed by atoms with van der Waals surface area (Å²) < 4.78 is 34.7. The summed E-state index contributed by atoms with van der Waals surface area (Å²) in [5.74, 6) is -0.849. The summed E-state index contributed by atoms with van der Waals surface area (Å²) in [6, 6.07) is 0. The fourth-order valence-corrected chi connectivity index (χ4v) is 10.3. The quantitative estimate of drug-likeness (QED) is 0.0211. The van der Waals surface area contributed by atoms with Crippen LogP contribution in [0.25, 0.3) is 0 Å². The number of carbonyl (C=O) groups excluding carboxylic acids is 2. The lowest BCUT2D eigenvalue weighted by Gasteiger charge is -2.24. The number of hydrogen-bond donors (Lipinski definition) is 1. The summed E-state index contributed by atoms with van der Waals surface area (Å²) in [6.07, 6.45) is 126. The van der Waals surface area contributed by atoms with Crippen LogP contribution >= 0.6 is 7.82 Å². The molecule has 1 N–H and O–H groups in total. The zero-order valence-corrected chi connectivity index (χ0v) is 64.5. The van der Waals surface area contributed by atoms with Gasteiger partial charge >= 0.3 is 19.8 Å². The van der Waals surface area contributed by atoms with E-state index in [-0.39, 0.29) is 32.0 Å². The molecule has 558 valence electrons. The minimum Gasteiger partial charge on any atom is -0.462 e. The lowest BCUT2D eigenvalue weighted by molar-refractivity contribution is -0.870. The van der Waals surface area contributed by atoms with Crippen LogP contribution in [0.15, 0.2) is 243 Å². The third-order valence-corrected chi connectivity index (χ3v) is 16.4. The summed E-state index contributed by atoms with van der Waals surface area (Å²) >= 11 is 0. The average Bonchev–Trinajstić information content (AvgIpc) is 1.30. The molecule has 0 rings (SSSR count). The molecule has 0 aliphatic heterocycles. The van der Waals surface area contributed by atoms with Gasteiger partial charge in [-0.3, -0.25) is 18.6 Å². The van der Waals surface area contributed by atoms with Gasteiger partial charge < -0.3 is 18.9 Å². The van der Waals surface area contributed by atoms with E-state index in [0.29, 0.717) is 17.4 Å². The Morgan fingerprint density at radius 1 is 0.310 bits per heavy atom. The van der Waals surface area contributed by atoms with E-state index in [1.807, 2.05) is 21.1 Å². The van der Waals surface area contributed by atoms with Crippen molar-refractivity contribution in [1.82, 2.24) is 0 Å². The molecule has 9 nitrogen and oxygen atoms in total. The highest BCUT2D eigenvalue weighted by Crippen LogP contribution is 2.43. The number of ether oxygens (including phenoxy) is 2. The maximum atomic E-state index is 12.9. The number of phosphoric ester groups is 1. The van der Waals surface area contributed by atoms with Gasteiger partial charge in [0.2, 0.25) is 0 Å². The predicted molar refractivity (Wildman–Crippen MR) is 435 cm³/mol. The van der Waals surface area contributed by atoms with Gasteiger partial charge in [-0.2, -0.15) is 0 Å². The Morgan fingerprint density at radius 2 is 0.540 bits per heavy atom. The van der Waals surface area contributed by atoms with E-state index in [1.165, 1.54) is 38.5 Å². The molecule has 2 atom stereocenters. The number of allylic oxidation sites excluding steroid dienone is 40. The highest BCUT2D eigenvalue weighted by Gasteiger charge is 2.27. The smallest absolute Gasteiger partial charge is 0.462 e. The maximum absolute atomic E-state index is 12.9. The van der Waals surface area contributed by atoms with E-state index >= 15 is 0 Å². The Kier molecular flexibility index (Phi) is 72.2. The lowest BCUT2D eigenvalue weighted by atomic mass is 10.1. The molecule has 0 aliphatic carbocycles. The lowest BCUT2D eigenvalue weighted by Crippen LogP contribution is -2.37. The molecular weight excluding hydrogens is 1250 g/mol. The van der Waals surface area contributed by atoms with Gasteiger partial charge in [0.15, 0.2) is 6.10 Å². The second kappa shape index (κ2) is 77.0. The van der Waals surface area contributed by atoms with Crippen LogP contribution in [0.5, 0.6) is 0 Å². The Morgan fingerprint density at radius 3 is 0.800 bits per heavy atom. The summed E-state index contributed by atoms with van der Waals surface area (Å²) in [4.78, 5) is 36.0. The molecule has 0 spiro atoms. The van der Waals surface area contributed by atoms with Crippen LogP contribution in [-0.2, 0) is 32.7 Å². The van der Waals surface area contributed by atoms with Crippen molar-refractivity contribution in [3.05, 3.63) is 243 Å². The van der Waals surface area contributed by atoms with Crippen molar-refractivity contribution in [3.63, 3.8) is 0 Å². The molecule has 0 saturated carbocycles. The van der Waals surface area contributed by atoms with Crippen LogP contribution in [0.1, 0.15) is 258 Å². The third kappa shape index (κ3) is 80.8. The van der Waals surface area contributed by atoms with Crippen molar-refractivity contribution in [3.8, 4) is 0 Å². The van der Waals surface area contributed by atoms with E-state index in [4.69, 9.17) is 18.5 Å². The van der Waals surface area contributed by atoms with Crippen molar-refractivity contribution in [2.24, 2.45) is 0 Å². The number of phosphoric acid groups is 1. The van der Waals surface area contributed by atoms with Crippen LogP contribution in [-0.4, -0.2) is 74.9 Å².